The largest absolute Gasteiger partial charge is 0.359 e. The summed E-state index contributed by atoms with van der Waals surface area (Å²) in [6.07, 6.45) is 1.04. The summed E-state index contributed by atoms with van der Waals surface area (Å²) in [7, 11) is 0. The Morgan fingerprint density at radius 1 is 1.35 bits per heavy atom. The topological polar surface area (TPSA) is 57.8 Å². The Kier molecular flexibility index (Phi) is 4.60. The zero-order chi connectivity index (χ0) is 14.7. The Morgan fingerprint density at radius 2 is 2.10 bits per heavy atom. The standard InChI is InChI=1S/C15H21N3OS/c1-5-10(4)16-15-18-13(8-20-15)11-6-7-12(9(2)3)17-14(11)19/h6-10H,5H2,1-4H3,(H,16,18)(H,17,19). The van der Waals surface area contributed by atoms with E-state index in [1.807, 2.05) is 17.5 Å². The molecule has 108 valence electrons. The summed E-state index contributed by atoms with van der Waals surface area (Å²) in [4.78, 5) is 19.5. The summed E-state index contributed by atoms with van der Waals surface area (Å²) in [5.41, 5.74) is 2.24. The van der Waals surface area contributed by atoms with Crippen molar-refractivity contribution in [2.24, 2.45) is 0 Å². The minimum atomic E-state index is -0.0726. The van der Waals surface area contributed by atoms with Crippen molar-refractivity contribution >= 4 is 16.5 Å². The maximum absolute atomic E-state index is 12.1. The van der Waals surface area contributed by atoms with Crippen LogP contribution in [-0.4, -0.2) is 16.0 Å². The normalized spacial score (nSPS) is 12.7. The van der Waals surface area contributed by atoms with Crippen LogP contribution in [0.25, 0.3) is 11.3 Å². The van der Waals surface area contributed by atoms with E-state index in [1.165, 1.54) is 11.3 Å². The van der Waals surface area contributed by atoms with E-state index in [4.69, 9.17) is 0 Å². The maximum Gasteiger partial charge on any atom is 0.257 e. The van der Waals surface area contributed by atoms with Crippen molar-refractivity contribution in [3.8, 4) is 11.3 Å². The molecule has 0 radical (unpaired) electrons. The molecule has 1 unspecified atom stereocenters. The van der Waals surface area contributed by atoms with Crippen molar-refractivity contribution in [3.05, 3.63) is 33.6 Å². The van der Waals surface area contributed by atoms with E-state index in [1.54, 1.807) is 0 Å². The van der Waals surface area contributed by atoms with Gasteiger partial charge in [0.15, 0.2) is 5.13 Å². The molecule has 2 N–H and O–H groups in total. The van der Waals surface area contributed by atoms with Crippen LogP contribution in [0, 0.1) is 0 Å². The summed E-state index contributed by atoms with van der Waals surface area (Å²) >= 11 is 1.53. The molecule has 0 bridgehead atoms. The van der Waals surface area contributed by atoms with E-state index in [0.29, 0.717) is 17.5 Å². The number of hydrogen-bond acceptors (Lipinski definition) is 4. The van der Waals surface area contributed by atoms with Gasteiger partial charge >= 0.3 is 0 Å². The van der Waals surface area contributed by atoms with Crippen molar-refractivity contribution < 1.29 is 0 Å². The minimum Gasteiger partial charge on any atom is -0.359 e. The molecule has 0 aromatic carbocycles. The predicted octanol–water partition coefficient (Wildman–Crippen LogP) is 3.83. The van der Waals surface area contributed by atoms with E-state index < -0.39 is 0 Å². The summed E-state index contributed by atoms with van der Waals surface area (Å²) in [5.74, 6) is 0.315. The van der Waals surface area contributed by atoms with Crippen LogP contribution in [0.15, 0.2) is 22.3 Å². The lowest BCUT2D eigenvalue weighted by molar-refractivity contribution is 0.763. The molecule has 0 saturated heterocycles. The van der Waals surface area contributed by atoms with Gasteiger partial charge < -0.3 is 10.3 Å². The Morgan fingerprint density at radius 3 is 2.70 bits per heavy atom. The van der Waals surface area contributed by atoms with E-state index in [2.05, 4.69) is 43.0 Å². The molecule has 20 heavy (non-hydrogen) atoms. The highest BCUT2D eigenvalue weighted by atomic mass is 32.1. The number of H-pyrrole nitrogens is 1. The number of aromatic amines is 1. The van der Waals surface area contributed by atoms with Crippen LogP contribution in [0.4, 0.5) is 5.13 Å². The molecular weight excluding hydrogens is 270 g/mol. The first-order valence-electron chi connectivity index (χ1n) is 6.97. The van der Waals surface area contributed by atoms with Crippen LogP contribution in [0.1, 0.15) is 45.7 Å². The molecule has 0 aliphatic rings. The summed E-state index contributed by atoms with van der Waals surface area (Å²) in [6.45, 7) is 8.36. The quantitative estimate of drug-likeness (QED) is 0.880. The van der Waals surface area contributed by atoms with Crippen LogP contribution in [0.3, 0.4) is 0 Å². The van der Waals surface area contributed by atoms with Gasteiger partial charge in [0.1, 0.15) is 0 Å². The molecule has 2 heterocycles. The fourth-order valence-electron chi connectivity index (χ4n) is 1.80. The lowest BCUT2D eigenvalue weighted by Crippen LogP contribution is -2.14. The van der Waals surface area contributed by atoms with Gasteiger partial charge in [-0.15, -0.1) is 11.3 Å². The molecule has 4 nitrogen and oxygen atoms in total. The molecule has 5 heteroatoms. The van der Waals surface area contributed by atoms with Crippen molar-refractivity contribution in [3.63, 3.8) is 0 Å². The van der Waals surface area contributed by atoms with Gasteiger partial charge in [0.05, 0.1) is 11.3 Å². The molecule has 0 saturated carbocycles. The van der Waals surface area contributed by atoms with Crippen molar-refractivity contribution in [1.29, 1.82) is 0 Å². The van der Waals surface area contributed by atoms with Gasteiger partial charge in [-0.05, 0) is 31.4 Å². The first-order valence-corrected chi connectivity index (χ1v) is 7.84. The lowest BCUT2D eigenvalue weighted by Gasteiger charge is -2.08. The molecule has 0 aliphatic heterocycles. The lowest BCUT2D eigenvalue weighted by atomic mass is 10.1. The number of anilines is 1. The number of aromatic nitrogens is 2. The highest BCUT2D eigenvalue weighted by Crippen LogP contribution is 2.24. The fourth-order valence-corrected chi connectivity index (χ4v) is 2.63. The number of hydrogen-bond donors (Lipinski definition) is 2. The van der Waals surface area contributed by atoms with Crippen LogP contribution >= 0.6 is 11.3 Å². The van der Waals surface area contributed by atoms with Crippen molar-refractivity contribution in [1.82, 2.24) is 9.97 Å². The second-order valence-corrected chi connectivity index (χ2v) is 6.16. The van der Waals surface area contributed by atoms with Crippen LogP contribution in [0.5, 0.6) is 0 Å². The Bertz CT molecular complexity index is 630. The summed E-state index contributed by atoms with van der Waals surface area (Å²) < 4.78 is 0. The molecule has 0 aliphatic carbocycles. The summed E-state index contributed by atoms with van der Waals surface area (Å²) in [5, 5.41) is 6.11. The van der Waals surface area contributed by atoms with Gasteiger partial charge in [-0.25, -0.2) is 4.98 Å². The average Bonchev–Trinajstić information content (AvgIpc) is 2.86. The number of thiazole rings is 1. The molecule has 2 aromatic rings. The fraction of sp³-hybridized carbons (Fsp3) is 0.467. The van der Waals surface area contributed by atoms with Gasteiger partial charge in [0, 0.05) is 17.1 Å². The zero-order valence-corrected chi connectivity index (χ0v) is 13.2. The first kappa shape index (κ1) is 14.8. The van der Waals surface area contributed by atoms with E-state index in [9.17, 15) is 4.79 Å². The van der Waals surface area contributed by atoms with Gasteiger partial charge in [-0.3, -0.25) is 4.79 Å². The smallest absolute Gasteiger partial charge is 0.257 e. The third kappa shape index (κ3) is 3.28. The maximum atomic E-state index is 12.1. The van der Waals surface area contributed by atoms with Gasteiger partial charge in [-0.1, -0.05) is 20.8 Å². The molecule has 2 rings (SSSR count). The summed E-state index contributed by atoms with van der Waals surface area (Å²) in [6, 6.07) is 4.20. The van der Waals surface area contributed by atoms with Gasteiger partial charge in [0.2, 0.25) is 0 Å². The SMILES string of the molecule is CCC(C)Nc1nc(-c2ccc(C(C)C)[nH]c2=O)cs1. The molecule has 2 aromatic heterocycles. The van der Waals surface area contributed by atoms with Gasteiger partial charge in [-0.2, -0.15) is 0 Å². The minimum absolute atomic E-state index is 0.0726. The third-order valence-corrected chi connectivity index (χ3v) is 4.09. The van der Waals surface area contributed by atoms with Crippen molar-refractivity contribution in [2.45, 2.75) is 46.1 Å². The van der Waals surface area contributed by atoms with E-state index >= 15 is 0 Å². The molecule has 0 spiro atoms. The monoisotopic (exact) mass is 291 g/mol. The highest BCUT2D eigenvalue weighted by molar-refractivity contribution is 7.14. The van der Waals surface area contributed by atoms with E-state index in [0.717, 1.165) is 22.9 Å². The van der Waals surface area contributed by atoms with Crippen LogP contribution < -0.4 is 10.9 Å². The molecule has 0 fully saturated rings. The van der Waals surface area contributed by atoms with Gasteiger partial charge in [0.25, 0.3) is 5.56 Å². The number of pyridine rings is 1. The molecular formula is C15H21N3OS. The Hall–Kier alpha value is -1.62. The third-order valence-electron chi connectivity index (χ3n) is 3.32. The number of rotatable bonds is 5. The second-order valence-electron chi connectivity index (χ2n) is 5.30. The Balaban J connectivity index is 2.26. The second kappa shape index (κ2) is 6.22. The number of nitrogens with one attached hydrogen (secondary N) is 2. The first-order chi connectivity index (χ1) is 9.51. The highest BCUT2D eigenvalue weighted by Gasteiger charge is 2.11. The predicted molar refractivity (Wildman–Crippen MR) is 85.6 cm³/mol. The average molecular weight is 291 g/mol. The molecule has 1 atom stereocenters. The van der Waals surface area contributed by atoms with Crippen LogP contribution in [-0.2, 0) is 0 Å². The van der Waals surface area contributed by atoms with E-state index in [-0.39, 0.29) is 5.56 Å². The Labute approximate surface area is 123 Å². The van der Waals surface area contributed by atoms with Crippen LogP contribution in [0.2, 0.25) is 0 Å². The van der Waals surface area contributed by atoms with Crippen molar-refractivity contribution in [2.75, 3.05) is 5.32 Å². The number of nitrogens with zero attached hydrogens (tertiary/aromatic N) is 1. The zero-order valence-electron chi connectivity index (χ0n) is 12.4. The molecule has 0 amide bonds.